The zero-order chi connectivity index (χ0) is 30.1. The van der Waals surface area contributed by atoms with Crippen molar-refractivity contribution in [2.75, 3.05) is 26.7 Å². The number of amides is 2. The summed E-state index contributed by atoms with van der Waals surface area (Å²) in [6.45, 7) is 4.29. The first kappa shape index (κ1) is 29.2. The lowest BCUT2D eigenvalue weighted by molar-refractivity contribution is -0.136. The number of ether oxygens (including phenoxy) is 1. The molecule has 9 nitrogen and oxygen atoms in total. The van der Waals surface area contributed by atoms with Crippen molar-refractivity contribution in [2.24, 2.45) is 0 Å². The van der Waals surface area contributed by atoms with Crippen molar-refractivity contribution in [1.29, 1.82) is 0 Å². The summed E-state index contributed by atoms with van der Waals surface area (Å²) in [6.07, 6.45) is 3.37. The number of methoxy groups -OCH3 is 1. The van der Waals surface area contributed by atoms with Crippen LogP contribution in [0.3, 0.4) is 0 Å². The molecular formula is C31H34F2N4O5. The number of hydrogen-bond donors (Lipinski definition) is 0. The maximum Gasteiger partial charge on any atom is 0.331 e. The molecule has 2 aliphatic rings. The van der Waals surface area contributed by atoms with Crippen molar-refractivity contribution in [3.63, 3.8) is 0 Å². The number of benzene rings is 2. The van der Waals surface area contributed by atoms with Crippen LogP contribution >= 0.6 is 0 Å². The van der Waals surface area contributed by atoms with Crippen LogP contribution in [0.4, 0.5) is 8.78 Å². The highest BCUT2D eigenvalue weighted by Crippen LogP contribution is 2.26. The van der Waals surface area contributed by atoms with Gasteiger partial charge in [0.15, 0.2) is 11.6 Å². The van der Waals surface area contributed by atoms with Gasteiger partial charge in [-0.2, -0.15) is 0 Å². The third kappa shape index (κ3) is 5.60. The zero-order valence-corrected chi connectivity index (χ0v) is 23.9. The molecule has 2 aliphatic heterocycles. The van der Waals surface area contributed by atoms with Crippen LogP contribution in [0, 0.1) is 11.6 Å². The van der Waals surface area contributed by atoms with Gasteiger partial charge >= 0.3 is 5.69 Å². The highest BCUT2D eigenvalue weighted by Gasteiger charge is 2.32. The van der Waals surface area contributed by atoms with Crippen molar-refractivity contribution in [3.05, 3.63) is 86.2 Å². The molecule has 2 amide bonds. The third-order valence-corrected chi connectivity index (χ3v) is 8.21. The van der Waals surface area contributed by atoms with Gasteiger partial charge in [-0.3, -0.25) is 23.5 Å². The predicted molar refractivity (Wildman–Crippen MR) is 152 cm³/mol. The summed E-state index contributed by atoms with van der Waals surface area (Å²) in [5, 5.41) is 0. The van der Waals surface area contributed by atoms with E-state index in [9.17, 15) is 28.0 Å². The summed E-state index contributed by atoms with van der Waals surface area (Å²) in [5.74, 6) is -1.84. The lowest BCUT2D eigenvalue weighted by Crippen LogP contribution is -2.50. The summed E-state index contributed by atoms with van der Waals surface area (Å²) >= 11 is 0. The van der Waals surface area contributed by atoms with E-state index in [1.807, 2.05) is 23.1 Å². The third-order valence-electron chi connectivity index (χ3n) is 8.21. The van der Waals surface area contributed by atoms with Crippen LogP contribution < -0.4 is 16.0 Å². The molecule has 3 aromatic rings. The van der Waals surface area contributed by atoms with E-state index in [0.717, 1.165) is 44.7 Å². The molecule has 1 fully saturated rings. The van der Waals surface area contributed by atoms with Crippen LogP contribution in [0.15, 0.2) is 52.2 Å². The molecule has 1 aromatic heterocycles. The molecule has 222 valence electrons. The minimum absolute atomic E-state index is 0.00844. The second kappa shape index (κ2) is 11.9. The fourth-order valence-electron chi connectivity index (χ4n) is 5.91. The number of piperidine rings is 1. The molecule has 0 aliphatic carbocycles. The Bertz CT molecular complexity index is 1640. The Morgan fingerprint density at radius 2 is 1.74 bits per heavy atom. The van der Waals surface area contributed by atoms with Crippen molar-refractivity contribution < 1.29 is 23.1 Å². The Kier molecular flexibility index (Phi) is 8.29. The van der Waals surface area contributed by atoms with Crippen molar-refractivity contribution in [1.82, 2.24) is 18.9 Å². The SMILES string of the molecule is COc1ccc2c(c1)CCN(C1CCN(C(=O)Cn3cc(-c4cccc(F)c4F)c(=O)n(C(C)C)c3=O)CC1)C(=O)C2. The minimum Gasteiger partial charge on any atom is -0.497 e. The molecule has 5 rings (SSSR count). The smallest absolute Gasteiger partial charge is 0.331 e. The number of likely N-dealkylation sites (tertiary alicyclic amines) is 1. The lowest BCUT2D eigenvalue weighted by atomic mass is 10.0. The molecule has 11 heteroatoms. The number of hydrogen-bond acceptors (Lipinski definition) is 5. The number of nitrogens with zero attached hydrogens (tertiary/aromatic N) is 4. The van der Waals surface area contributed by atoms with Crippen LogP contribution in [-0.2, 0) is 29.0 Å². The monoisotopic (exact) mass is 580 g/mol. The first-order chi connectivity index (χ1) is 20.1. The molecule has 0 saturated carbocycles. The molecule has 2 aromatic carbocycles. The Balaban J connectivity index is 1.30. The van der Waals surface area contributed by atoms with E-state index in [-0.39, 0.29) is 35.5 Å². The Morgan fingerprint density at radius 3 is 2.43 bits per heavy atom. The summed E-state index contributed by atoms with van der Waals surface area (Å²) in [7, 11) is 1.62. The average molecular weight is 581 g/mol. The van der Waals surface area contributed by atoms with Gasteiger partial charge in [0.25, 0.3) is 5.56 Å². The second-order valence-corrected chi connectivity index (χ2v) is 11.1. The van der Waals surface area contributed by atoms with Gasteiger partial charge in [0.2, 0.25) is 11.8 Å². The first-order valence-corrected chi connectivity index (χ1v) is 14.1. The summed E-state index contributed by atoms with van der Waals surface area (Å²) in [4.78, 5) is 56.3. The van der Waals surface area contributed by atoms with Gasteiger partial charge in [-0.15, -0.1) is 0 Å². The Labute approximate surface area is 241 Å². The minimum atomic E-state index is -1.20. The number of carbonyl (C=O) groups excluding carboxylic acids is 2. The molecule has 0 N–H and O–H groups in total. The van der Waals surface area contributed by atoms with Gasteiger partial charge in [-0.25, -0.2) is 13.6 Å². The van der Waals surface area contributed by atoms with E-state index in [0.29, 0.717) is 38.9 Å². The van der Waals surface area contributed by atoms with Crippen LogP contribution in [0.25, 0.3) is 11.1 Å². The quantitative estimate of drug-likeness (QED) is 0.447. The Hall–Kier alpha value is -4.28. The topological polar surface area (TPSA) is 93.8 Å². The fraction of sp³-hybridized carbons (Fsp3) is 0.419. The highest BCUT2D eigenvalue weighted by atomic mass is 19.2. The summed E-state index contributed by atoms with van der Waals surface area (Å²) in [5.41, 5.74) is 0.158. The Morgan fingerprint density at radius 1 is 1.00 bits per heavy atom. The number of carbonyl (C=O) groups is 2. The van der Waals surface area contributed by atoms with Gasteiger partial charge in [-0.05, 0) is 62.4 Å². The van der Waals surface area contributed by atoms with Crippen LogP contribution in [-0.4, -0.2) is 63.5 Å². The maximum atomic E-state index is 14.6. The first-order valence-electron chi connectivity index (χ1n) is 14.1. The van der Waals surface area contributed by atoms with Gasteiger partial charge in [0, 0.05) is 43.5 Å². The number of fused-ring (bicyclic) bond motifs is 1. The van der Waals surface area contributed by atoms with Crippen LogP contribution in [0.5, 0.6) is 5.75 Å². The molecule has 1 saturated heterocycles. The molecule has 3 heterocycles. The molecule has 42 heavy (non-hydrogen) atoms. The number of rotatable bonds is 6. The number of aromatic nitrogens is 2. The molecule has 0 unspecified atom stereocenters. The molecule has 0 radical (unpaired) electrons. The molecular weight excluding hydrogens is 546 g/mol. The highest BCUT2D eigenvalue weighted by molar-refractivity contribution is 5.80. The second-order valence-electron chi connectivity index (χ2n) is 11.1. The summed E-state index contributed by atoms with van der Waals surface area (Å²) in [6, 6.07) is 8.69. The molecule has 0 atom stereocenters. The fourth-order valence-corrected chi connectivity index (χ4v) is 5.91. The molecule has 0 spiro atoms. The lowest BCUT2D eigenvalue weighted by Gasteiger charge is -2.38. The van der Waals surface area contributed by atoms with Crippen molar-refractivity contribution in [3.8, 4) is 16.9 Å². The van der Waals surface area contributed by atoms with Gasteiger partial charge < -0.3 is 14.5 Å². The average Bonchev–Trinajstić information content (AvgIpc) is 3.13. The van der Waals surface area contributed by atoms with E-state index >= 15 is 0 Å². The van der Waals surface area contributed by atoms with E-state index in [1.165, 1.54) is 12.1 Å². The maximum absolute atomic E-state index is 14.6. The van der Waals surface area contributed by atoms with E-state index in [2.05, 4.69) is 0 Å². The standard InChI is InChI=1S/C31H34F2N4O5/c1-19(2)37-30(40)25(24-5-4-6-26(32)29(24)33)17-35(31(37)41)18-28(39)34-12-10-22(11-13-34)36-14-9-21-15-23(42-3)8-7-20(21)16-27(36)38/h4-8,15,17,19,22H,9-14,16,18H2,1-3H3. The molecule has 0 bridgehead atoms. The van der Waals surface area contributed by atoms with E-state index in [1.54, 1.807) is 25.9 Å². The van der Waals surface area contributed by atoms with Crippen molar-refractivity contribution in [2.45, 2.75) is 58.2 Å². The van der Waals surface area contributed by atoms with Gasteiger partial charge in [-0.1, -0.05) is 18.2 Å². The van der Waals surface area contributed by atoms with E-state index < -0.39 is 28.9 Å². The number of halogens is 2. The summed E-state index contributed by atoms with van der Waals surface area (Å²) < 4.78 is 35.9. The van der Waals surface area contributed by atoms with Crippen molar-refractivity contribution >= 4 is 11.8 Å². The van der Waals surface area contributed by atoms with Crippen LogP contribution in [0.2, 0.25) is 0 Å². The van der Waals surface area contributed by atoms with Crippen LogP contribution in [0.1, 0.15) is 43.9 Å². The zero-order valence-electron chi connectivity index (χ0n) is 23.9. The predicted octanol–water partition coefficient (Wildman–Crippen LogP) is 3.16. The van der Waals surface area contributed by atoms with Gasteiger partial charge in [0.05, 0.1) is 19.1 Å². The van der Waals surface area contributed by atoms with Gasteiger partial charge in [0.1, 0.15) is 12.3 Å². The largest absolute Gasteiger partial charge is 0.497 e. The van der Waals surface area contributed by atoms with E-state index in [4.69, 9.17) is 4.74 Å². The normalized spacial score (nSPS) is 16.0.